The van der Waals surface area contributed by atoms with Gasteiger partial charge in [-0.3, -0.25) is 14.2 Å². The van der Waals surface area contributed by atoms with Gasteiger partial charge in [0.05, 0.1) is 28.0 Å². The number of aryl methyl sites for hydroxylation is 2. The molecule has 0 aliphatic carbocycles. The number of nitrogens with one attached hydrogen (secondary N) is 1. The van der Waals surface area contributed by atoms with E-state index in [1.54, 1.807) is 22.4 Å². The number of hydrogen-bond donors (Lipinski definition) is 1. The van der Waals surface area contributed by atoms with Gasteiger partial charge in [-0.05, 0) is 67.6 Å². The molecule has 0 spiro atoms. The Bertz CT molecular complexity index is 1370. The molecule has 0 saturated carbocycles. The Labute approximate surface area is 195 Å². The lowest BCUT2D eigenvalue weighted by atomic mass is 10.1. The number of anilines is 1. The number of rotatable bonds is 6. The fraction of sp³-hybridized carbons (Fsp3) is 0.160. The maximum atomic E-state index is 13.4. The van der Waals surface area contributed by atoms with Crippen LogP contribution in [0.3, 0.4) is 0 Å². The highest BCUT2D eigenvalue weighted by atomic mass is 32.2. The quantitative estimate of drug-likeness (QED) is 0.305. The molecule has 1 amide bonds. The van der Waals surface area contributed by atoms with Gasteiger partial charge in [-0.15, -0.1) is 11.8 Å². The lowest BCUT2D eigenvalue weighted by Gasteiger charge is -2.15. The molecule has 0 aliphatic rings. The summed E-state index contributed by atoms with van der Waals surface area (Å²) < 4.78 is 1.60. The summed E-state index contributed by atoms with van der Waals surface area (Å²) in [5.74, 6) is -0.0104. The molecule has 162 valence electrons. The van der Waals surface area contributed by atoms with E-state index in [0.717, 1.165) is 27.4 Å². The molecule has 5 nitrogen and oxygen atoms in total. The van der Waals surface area contributed by atoms with Gasteiger partial charge < -0.3 is 5.32 Å². The number of carbonyl (C=O) groups is 1. The third kappa shape index (κ3) is 4.59. The maximum absolute atomic E-state index is 13.4. The van der Waals surface area contributed by atoms with E-state index in [4.69, 9.17) is 4.98 Å². The van der Waals surface area contributed by atoms with Gasteiger partial charge in [0.15, 0.2) is 5.16 Å². The zero-order chi connectivity index (χ0) is 22.7. The summed E-state index contributed by atoms with van der Waals surface area (Å²) in [6, 6.07) is 20.9. The number of hydrogen-bond acceptors (Lipinski definition) is 5. The minimum Gasteiger partial charge on any atom is -0.324 e. The molecule has 1 aromatic heterocycles. The Morgan fingerprint density at radius 2 is 1.75 bits per heavy atom. The molecule has 0 unspecified atom stereocenters. The molecule has 0 fully saturated rings. The highest BCUT2D eigenvalue weighted by Gasteiger charge is 2.16. The van der Waals surface area contributed by atoms with Gasteiger partial charge in [-0.1, -0.05) is 42.1 Å². The maximum Gasteiger partial charge on any atom is 0.266 e. The van der Waals surface area contributed by atoms with Crippen LogP contribution in [0.2, 0.25) is 0 Å². The predicted molar refractivity (Wildman–Crippen MR) is 134 cm³/mol. The van der Waals surface area contributed by atoms with Crippen molar-refractivity contribution in [2.24, 2.45) is 0 Å². The van der Waals surface area contributed by atoms with Crippen LogP contribution < -0.4 is 10.9 Å². The topological polar surface area (TPSA) is 64.0 Å². The highest BCUT2D eigenvalue weighted by Crippen LogP contribution is 2.26. The van der Waals surface area contributed by atoms with Crippen LogP contribution in [-0.2, 0) is 4.79 Å². The van der Waals surface area contributed by atoms with Crippen molar-refractivity contribution in [1.82, 2.24) is 9.55 Å². The second kappa shape index (κ2) is 9.63. The fourth-order valence-electron chi connectivity index (χ4n) is 3.37. The van der Waals surface area contributed by atoms with Crippen molar-refractivity contribution in [2.45, 2.75) is 23.9 Å². The third-order valence-corrected chi connectivity index (χ3v) is 6.94. The number of aromatic nitrogens is 2. The number of amides is 1. The highest BCUT2D eigenvalue weighted by molar-refractivity contribution is 7.99. The SMILES string of the molecule is CSc1ccccc1NC(=O)CSc1nc2ccccc2c(=O)n1-c1ccc(C)c(C)c1. The van der Waals surface area contributed by atoms with E-state index in [-0.39, 0.29) is 17.2 Å². The Hall–Kier alpha value is -3.03. The molecule has 4 rings (SSSR count). The van der Waals surface area contributed by atoms with Crippen molar-refractivity contribution >= 4 is 46.0 Å². The van der Waals surface area contributed by atoms with Crippen LogP contribution in [0.4, 0.5) is 5.69 Å². The van der Waals surface area contributed by atoms with E-state index < -0.39 is 0 Å². The van der Waals surface area contributed by atoms with Crippen LogP contribution >= 0.6 is 23.5 Å². The number of carbonyl (C=O) groups excluding carboxylic acids is 1. The largest absolute Gasteiger partial charge is 0.324 e. The second-order valence-electron chi connectivity index (χ2n) is 7.36. The lowest BCUT2D eigenvalue weighted by molar-refractivity contribution is -0.113. The Kier molecular flexibility index (Phi) is 6.67. The van der Waals surface area contributed by atoms with E-state index in [9.17, 15) is 9.59 Å². The summed E-state index contributed by atoms with van der Waals surface area (Å²) in [5, 5.41) is 4.00. The molecule has 0 radical (unpaired) electrons. The molecule has 1 N–H and O–H groups in total. The molecular weight excluding hydrogens is 438 g/mol. The number of fused-ring (bicyclic) bond motifs is 1. The van der Waals surface area contributed by atoms with E-state index in [1.165, 1.54) is 11.8 Å². The van der Waals surface area contributed by atoms with E-state index in [2.05, 4.69) is 5.32 Å². The first-order chi connectivity index (χ1) is 15.5. The summed E-state index contributed by atoms with van der Waals surface area (Å²) in [6.07, 6.45) is 1.97. The molecule has 0 bridgehead atoms. The van der Waals surface area contributed by atoms with Crippen LogP contribution in [0.5, 0.6) is 0 Å². The van der Waals surface area contributed by atoms with E-state index >= 15 is 0 Å². The summed E-state index contributed by atoms with van der Waals surface area (Å²) >= 11 is 2.83. The molecule has 1 heterocycles. The normalized spacial score (nSPS) is 11.0. The van der Waals surface area contributed by atoms with Crippen molar-refractivity contribution in [3.63, 3.8) is 0 Å². The second-order valence-corrected chi connectivity index (χ2v) is 9.15. The van der Waals surface area contributed by atoms with Gasteiger partial charge in [0.1, 0.15) is 0 Å². The van der Waals surface area contributed by atoms with Crippen molar-refractivity contribution in [3.8, 4) is 5.69 Å². The summed E-state index contributed by atoms with van der Waals surface area (Å²) in [5.41, 5.74) is 4.24. The number of benzene rings is 3. The summed E-state index contributed by atoms with van der Waals surface area (Å²) in [7, 11) is 0. The van der Waals surface area contributed by atoms with Crippen molar-refractivity contribution in [3.05, 3.63) is 88.2 Å². The fourth-order valence-corrected chi connectivity index (χ4v) is 4.73. The van der Waals surface area contributed by atoms with Crippen LogP contribution in [0.15, 0.2) is 81.6 Å². The molecule has 3 aromatic carbocycles. The van der Waals surface area contributed by atoms with Gasteiger partial charge in [0.2, 0.25) is 5.91 Å². The van der Waals surface area contributed by atoms with Crippen LogP contribution in [0.1, 0.15) is 11.1 Å². The number of nitrogens with zero attached hydrogens (tertiary/aromatic N) is 2. The molecular formula is C25H23N3O2S2. The van der Waals surface area contributed by atoms with Gasteiger partial charge in [-0.2, -0.15) is 0 Å². The van der Waals surface area contributed by atoms with Crippen molar-refractivity contribution < 1.29 is 4.79 Å². The average Bonchev–Trinajstić information content (AvgIpc) is 2.80. The van der Waals surface area contributed by atoms with Gasteiger partial charge in [0, 0.05) is 4.90 Å². The van der Waals surface area contributed by atoms with Crippen LogP contribution in [0.25, 0.3) is 16.6 Å². The smallest absolute Gasteiger partial charge is 0.266 e. The zero-order valence-electron chi connectivity index (χ0n) is 18.1. The molecule has 0 aliphatic heterocycles. The average molecular weight is 462 g/mol. The van der Waals surface area contributed by atoms with Gasteiger partial charge in [-0.25, -0.2) is 4.98 Å². The molecule has 0 atom stereocenters. The van der Waals surface area contributed by atoms with Gasteiger partial charge >= 0.3 is 0 Å². The molecule has 4 aromatic rings. The Morgan fingerprint density at radius 3 is 2.53 bits per heavy atom. The monoisotopic (exact) mass is 461 g/mol. The first-order valence-corrected chi connectivity index (χ1v) is 12.3. The van der Waals surface area contributed by atoms with E-state index in [1.807, 2.05) is 80.8 Å². The Morgan fingerprint density at radius 1 is 1.00 bits per heavy atom. The van der Waals surface area contributed by atoms with Gasteiger partial charge in [0.25, 0.3) is 5.56 Å². The number of para-hydroxylation sites is 2. The van der Waals surface area contributed by atoms with Crippen molar-refractivity contribution in [1.29, 1.82) is 0 Å². The molecule has 32 heavy (non-hydrogen) atoms. The lowest BCUT2D eigenvalue weighted by Crippen LogP contribution is -2.23. The number of thioether (sulfide) groups is 2. The predicted octanol–water partition coefficient (Wildman–Crippen LogP) is 5.46. The Balaban J connectivity index is 1.69. The minimum atomic E-state index is -0.148. The minimum absolute atomic E-state index is 0.137. The van der Waals surface area contributed by atoms with E-state index in [0.29, 0.717) is 16.1 Å². The zero-order valence-corrected chi connectivity index (χ0v) is 19.7. The molecule has 0 saturated heterocycles. The standard InChI is InChI=1S/C25H23N3O2S2/c1-16-12-13-18(14-17(16)2)28-24(30)19-8-4-5-9-20(19)27-25(28)32-15-23(29)26-21-10-6-7-11-22(21)31-3/h4-14H,15H2,1-3H3,(H,26,29). The summed E-state index contributed by atoms with van der Waals surface area (Å²) in [4.78, 5) is 31.8. The first-order valence-electron chi connectivity index (χ1n) is 10.1. The summed E-state index contributed by atoms with van der Waals surface area (Å²) in [6.45, 7) is 4.05. The van der Waals surface area contributed by atoms with Crippen LogP contribution in [-0.4, -0.2) is 27.5 Å². The first kappa shape index (κ1) is 22.2. The third-order valence-electron chi connectivity index (χ3n) is 5.21. The molecule has 7 heteroatoms. The van der Waals surface area contributed by atoms with Crippen molar-refractivity contribution in [2.75, 3.05) is 17.3 Å². The van der Waals surface area contributed by atoms with Crippen LogP contribution in [0, 0.1) is 13.8 Å².